The molecule has 160 valence electrons. The van der Waals surface area contributed by atoms with Gasteiger partial charge >= 0.3 is 0 Å². The van der Waals surface area contributed by atoms with Crippen LogP contribution in [0.3, 0.4) is 0 Å². The van der Waals surface area contributed by atoms with Gasteiger partial charge in [-0.25, -0.2) is 0 Å². The predicted molar refractivity (Wildman–Crippen MR) is 128 cm³/mol. The minimum absolute atomic E-state index is 0. The zero-order chi connectivity index (χ0) is 19.6. The highest BCUT2D eigenvalue weighted by Crippen LogP contribution is 2.11. The van der Waals surface area contributed by atoms with Crippen LogP contribution in [0.1, 0.15) is 31.2 Å². The van der Waals surface area contributed by atoms with Gasteiger partial charge in [-0.05, 0) is 31.5 Å². The van der Waals surface area contributed by atoms with E-state index in [9.17, 15) is 0 Å². The maximum absolute atomic E-state index is 5.45. The maximum atomic E-state index is 5.45. The van der Waals surface area contributed by atoms with E-state index < -0.39 is 0 Å². The number of hydrogen-bond acceptors (Lipinski definition) is 4. The summed E-state index contributed by atoms with van der Waals surface area (Å²) in [6.45, 7) is 9.49. The molecule has 1 saturated heterocycles. The fourth-order valence-corrected chi connectivity index (χ4v) is 3.30. The van der Waals surface area contributed by atoms with E-state index >= 15 is 0 Å². The zero-order valence-corrected chi connectivity index (χ0v) is 19.7. The highest BCUT2D eigenvalue weighted by molar-refractivity contribution is 14.0. The van der Waals surface area contributed by atoms with Gasteiger partial charge in [-0.15, -0.1) is 24.0 Å². The molecule has 1 aliphatic heterocycles. The van der Waals surface area contributed by atoms with Gasteiger partial charge in [0.25, 0.3) is 0 Å². The number of hydrogen-bond donors (Lipinski definition) is 2. The van der Waals surface area contributed by atoms with Crippen LogP contribution in [0.25, 0.3) is 0 Å². The summed E-state index contributed by atoms with van der Waals surface area (Å²) in [6, 6.07) is 14.9. The quantitative estimate of drug-likeness (QED) is 0.323. The van der Waals surface area contributed by atoms with Crippen molar-refractivity contribution in [2.45, 2.75) is 32.4 Å². The number of halogens is 1. The first-order valence-corrected chi connectivity index (χ1v) is 10.2. The Labute approximate surface area is 191 Å². The summed E-state index contributed by atoms with van der Waals surface area (Å²) < 4.78 is 10.9. The molecule has 0 amide bonds. The van der Waals surface area contributed by atoms with Gasteiger partial charge in [-0.1, -0.05) is 30.3 Å². The first-order chi connectivity index (χ1) is 13.7. The van der Waals surface area contributed by atoms with Crippen molar-refractivity contribution >= 4 is 29.9 Å². The molecule has 0 aliphatic carbocycles. The van der Waals surface area contributed by atoms with Crippen molar-refractivity contribution in [2.75, 3.05) is 39.4 Å². The van der Waals surface area contributed by atoms with Gasteiger partial charge in [0.15, 0.2) is 5.96 Å². The van der Waals surface area contributed by atoms with Gasteiger partial charge in [0.05, 0.1) is 32.1 Å². The number of nitrogens with one attached hydrogen (secondary N) is 2. The second kappa shape index (κ2) is 12.9. The molecule has 7 heteroatoms. The minimum Gasteiger partial charge on any atom is -0.469 e. The highest BCUT2D eigenvalue weighted by Gasteiger charge is 2.17. The lowest BCUT2D eigenvalue weighted by Crippen LogP contribution is -2.45. The second-order valence-electron chi connectivity index (χ2n) is 7.22. The summed E-state index contributed by atoms with van der Waals surface area (Å²) in [5, 5.41) is 6.99. The standard InChI is InChI=1S/C22H32N4O2.HI/c1-18(26-12-15-27-16-13-26)17-24-22(23-11-10-21-9-6-14-28-21)25-19(2)20-7-4-3-5-8-20;/h3-9,14,18-19H,10-13,15-17H2,1-2H3,(H2,23,24,25);1H. The minimum atomic E-state index is 0. The number of furan rings is 1. The number of guanidine groups is 1. The molecule has 1 fully saturated rings. The highest BCUT2D eigenvalue weighted by atomic mass is 127. The summed E-state index contributed by atoms with van der Waals surface area (Å²) in [5.41, 5.74) is 1.24. The Kier molecular flexibility index (Phi) is 10.5. The van der Waals surface area contributed by atoms with E-state index in [0.29, 0.717) is 6.04 Å². The van der Waals surface area contributed by atoms with E-state index in [0.717, 1.165) is 57.5 Å². The summed E-state index contributed by atoms with van der Waals surface area (Å²) in [6.07, 6.45) is 2.54. The monoisotopic (exact) mass is 512 g/mol. The van der Waals surface area contributed by atoms with Gasteiger partial charge < -0.3 is 19.8 Å². The van der Waals surface area contributed by atoms with Crippen LogP contribution in [0.15, 0.2) is 58.1 Å². The number of benzene rings is 1. The van der Waals surface area contributed by atoms with Gasteiger partial charge in [-0.3, -0.25) is 9.89 Å². The number of rotatable bonds is 8. The van der Waals surface area contributed by atoms with Crippen molar-refractivity contribution in [3.8, 4) is 0 Å². The number of nitrogens with zero attached hydrogens (tertiary/aromatic N) is 2. The molecule has 0 spiro atoms. The summed E-state index contributed by atoms with van der Waals surface area (Å²) in [5.74, 6) is 1.81. The predicted octanol–water partition coefficient (Wildman–Crippen LogP) is 3.46. The van der Waals surface area contributed by atoms with Crippen LogP contribution in [0, 0.1) is 0 Å². The average Bonchev–Trinajstić information content (AvgIpc) is 3.26. The lowest BCUT2D eigenvalue weighted by atomic mass is 10.1. The third-order valence-corrected chi connectivity index (χ3v) is 5.08. The van der Waals surface area contributed by atoms with E-state index in [-0.39, 0.29) is 30.0 Å². The molecule has 3 rings (SSSR count). The van der Waals surface area contributed by atoms with Crippen LogP contribution >= 0.6 is 24.0 Å². The topological polar surface area (TPSA) is 62.0 Å². The normalized spacial score (nSPS) is 17.2. The average molecular weight is 512 g/mol. The molecular weight excluding hydrogens is 479 g/mol. The Balaban J connectivity index is 0.00000300. The lowest BCUT2D eigenvalue weighted by molar-refractivity contribution is 0.0220. The van der Waals surface area contributed by atoms with Crippen molar-refractivity contribution in [3.63, 3.8) is 0 Å². The third-order valence-electron chi connectivity index (χ3n) is 5.08. The van der Waals surface area contributed by atoms with Crippen molar-refractivity contribution in [1.29, 1.82) is 0 Å². The van der Waals surface area contributed by atoms with E-state index in [1.165, 1.54) is 5.56 Å². The van der Waals surface area contributed by atoms with Gasteiger partial charge in [-0.2, -0.15) is 0 Å². The molecule has 2 atom stereocenters. The molecule has 0 radical (unpaired) electrons. The number of aliphatic imine (C=N–C) groups is 1. The van der Waals surface area contributed by atoms with E-state index in [2.05, 4.69) is 53.6 Å². The van der Waals surface area contributed by atoms with E-state index in [4.69, 9.17) is 14.1 Å². The van der Waals surface area contributed by atoms with Crippen molar-refractivity contribution in [1.82, 2.24) is 15.5 Å². The molecule has 0 bridgehead atoms. The largest absolute Gasteiger partial charge is 0.469 e. The first kappa shape index (κ1) is 23.7. The Morgan fingerprint density at radius 3 is 2.55 bits per heavy atom. The van der Waals surface area contributed by atoms with Gasteiger partial charge in [0.1, 0.15) is 5.76 Å². The Morgan fingerprint density at radius 1 is 1.10 bits per heavy atom. The lowest BCUT2D eigenvalue weighted by Gasteiger charge is -2.31. The molecule has 1 aliphatic rings. The molecule has 29 heavy (non-hydrogen) atoms. The SMILES string of the molecule is CC(NC(=NCC(C)N1CCOCC1)NCCc1ccco1)c1ccccc1.I. The number of morpholine rings is 1. The molecule has 1 aromatic heterocycles. The van der Waals surface area contributed by atoms with Crippen LogP contribution < -0.4 is 10.6 Å². The van der Waals surface area contributed by atoms with Crippen LogP contribution in [0.4, 0.5) is 0 Å². The van der Waals surface area contributed by atoms with Crippen LogP contribution in [-0.4, -0.2) is 56.3 Å². The molecule has 2 aromatic rings. The molecule has 0 saturated carbocycles. The fraction of sp³-hybridized carbons (Fsp3) is 0.500. The van der Waals surface area contributed by atoms with Crippen LogP contribution in [0.5, 0.6) is 0 Å². The van der Waals surface area contributed by atoms with Crippen molar-refractivity contribution < 1.29 is 9.15 Å². The Hall–Kier alpha value is -1.58. The summed E-state index contributed by atoms with van der Waals surface area (Å²) >= 11 is 0. The second-order valence-corrected chi connectivity index (χ2v) is 7.22. The number of ether oxygens (including phenoxy) is 1. The summed E-state index contributed by atoms with van der Waals surface area (Å²) in [4.78, 5) is 7.30. The first-order valence-electron chi connectivity index (χ1n) is 10.2. The van der Waals surface area contributed by atoms with Crippen molar-refractivity contribution in [3.05, 3.63) is 60.1 Å². The van der Waals surface area contributed by atoms with E-state index in [1.54, 1.807) is 6.26 Å². The van der Waals surface area contributed by atoms with Gasteiger partial charge in [0.2, 0.25) is 0 Å². The summed E-state index contributed by atoms with van der Waals surface area (Å²) in [7, 11) is 0. The zero-order valence-electron chi connectivity index (χ0n) is 17.3. The molecule has 2 N–H and O–H groups in total. The Bertz CT molecular complexity index is 703. The molecule has 2 heterocycles. The van der Waals surface area contributed by atoms with Gasteiger partial charge in [0, 0.05) is 32.1 Å². The van der Waals surface area contributed by atoms with E-state index in [1.807, 2.05) is 18.2 Å². The van der Waals surface area contributed by atoms with Crippen molar-refractivity contribution in [2.24, 2.45) is 4.99 Å². The Morgan fingerprint density at radius 2 is 1.86 bits per heavy atom. The smallest absolute Gasteiger partial charge is 0.191 e. The maximum Gasteiger partial charge on any atom is 0.191 e. The molecular formula is C22H33IN4O2. The molecule has 1 aromatic carbocycles. The molecule has 6 nitrogen and oxygen atoms in total. The molecule has 2 unspecified atom stereocenters. The van der Waals surface area contributed by atoms with Crippen LogP contribution in [-0.2, 0) is 11.2 Å². The fourth-order valence-electron chi connectivity index (χ4n) is 3.30. The third kappa shape index (κ3) is 7.98. The van der Waals surface area contributed by atoms with Crippen LogP contribution in [0.2, 0.25) is 0 Å².